The Morgan fingerprint density at radius 1 is 1.15 bits per heavy atom. The summed E-state index contributed by atoms with van der Waals surface area (Å²) in [4.78, 5) is 12.5. The zero-order valence-corrected chi connectivity index (χ0v) is 16.8. The van der Waals surface area contributed by atoms with Crippen LogP contribution in [0.4, 0.5) is 21.5 Å². The summed E-state index contributed by atoms with van der Waals surface area (Å²) in [5, 5.41) is 2.50. The highest BCUT2D eigenvalue weighted by Crippen LogP contribution is 2.41. The largest absolute Gasteiger partial charge is 0.326 e. The molecular weight excluding hydrogens is 399 g/mol. The van der Waals surface area contributed by atoms with Crippen molar-refractivity contribution in [3.8, 4) is 0 Å². The minimum Gasteiger partial charge on any atom is -0.323 e. The zero-order valence-electron chi connectivity index (χ0n) is 15.1. The van der Waals surface area contributed by atoms with Crippen LogP contribution in [0.3, 0.4) is 0 Å². The molecule has 0 saturated carbocycles. The van der Waals surface area contributed by atoms with Crippen LogP contribution >= 0.6 is 0 Å². The summed E-state index contributed by atoms with van der Waals surface area (Å²) < 4.78 is 65.0. The molecule has 1 aromatic carbocycles. The van der Waals surface area contributed by atoms with E-state index in [1.165, 1.54) is 24.5 Å². The van der Waals surface area contributed by atoms with Crippen LogP contribution in [0.5, 0.6) is 0 Å². The highest BCUT2D eigenvalue weighted by molar-refractivity contribution is 7.94. The summed E-state index contributed by atoms with van der Waals surface area (Å²) >= 11 is 0. The first kappa shape index (κ1) is 19.8. The normalized spacial score (nSPS) is 20.6. The number of piperidine rings is 1. The number of anilines is 3. The summed E-state index contributed by atoms with van der Waals surface area (Å²) in [6.07, 6.45) is 1.79. The number of fused-ring (bicyclic) bond motifs is 1. The van der Waals surface area contributed by atoms with E-state index in [9.17, 15) is 26.0 Å². The van der Waals surface area contributed by atoms with Gasteiger partial charge < -0.3 is 5.32 Å². The maximum atomic E-state index is 14.4. The number of carbonyl (C=O) groups excluding carboxylic acids is 1. The van der Waals surface area contributed by atoms with Gasteiger partial charge in [0.1, 0.15) is 5.82 Å². The summed E-state index contributed by atoms with van der Waals surface area (Å²) in [6, 6.07) is 2.35. The fourth-order valence-electron chi connectivity index (χ4n) is 3.27. The first-order chi connectivity index (χ1) is 12.4. The lowest BCUT2D eigenvalue weighted by molar-refractivity contribution is -0.120. The monoisotopic (exact) mass is 420 g/mol. The fraction of sp³-hybridized carbons (Fsp3) is 0.533. The predicted molar refractivity (Wildman–Crippen MR) is 99.9 cm³/mol. The Kier molecular flexibility index (Phi) is 4.85. The second-order valence-electron chi connectivity index (χ2n) is 6.69. The van der Waals surface area contributed by atoms with Crippen molar-refractivity contribution in [2.75, 3.05) is 47.4 Å². The van der Waals surface area contributed by atoms with E-state index in [-0.39, 0.29) is 30.2 Å². The van der Waals surface area contributed by atoms with Crippen LogP contribution in [0.1, 0.15) is 12.8 Å². The van der Waals surface area contributed by atoms with E-state index >= 15 is 0 Å². The fourth-order valence-corrected chi connectivity index (χ4v) is 5.30. The summed E-state index contributed by atoms with van der Waals surface area (Å²) in [5.41, 5.74) is 0.345. The van der Waals surface area contributed by atoms with E-state index in [2.05, 4.69) is 5.32 Å². The lowest BCUT2D eigenvalue weighted by Crippen LogP contribution is -2.40. The van der Waals surface area contributed by atoms with Crippen LogP contribution in [0.15, 0.2) is 12.1 Å². The third-order valence-electron chi connectivity index (χ3n) is 4.99. The van der Waals surface area contributed by atoms with Crippen LogP contribution in [-0.4, -0.2) is 60.5 Å². The molecule has 0 bridgehead atoms. The van der Waals surface area contributed by atoms with Crippen molar-refractivity contribution >= 4 is 43.2 Å². The number of halogens is 1. The number of nitrogens with one attached hydrogen (secondary N) is 1. The van der Waals surface area contributed by atoms with Crippen molar-refractivity contribution in [3.05, 3.63) is 17.9 Å². The van der Waals surface area contributed by atoms with Gasteiger partial charge in [-0.2, -0.15) is 8.42 Å². The van der Waals surface area contributed by atoms with Gasteiger partial charge in [0.05, 0.1) is 23.3 Å². The molecule has 0 aliphatic carbocycles. The maximum absolute atomic E-state index is 14.4. The summed E-state index contributed by atoms with van der Waals surface area (Å²) in [6.45, 7) is 0.463. The molecule has 0 radical (unpaired) electrons. The third kappa shape index (κ3) is 3.48. The van der Waals surface area contributed by atoms with Gasteiger partial charge in [-0.15, -0.1) is 0 Å². The van der Waals surface area contributed by atoms with Gasteiger partial charge >= 0.3 is 10.2 Å². The molecule has 1 aromatic rings. The average Bonchev–Trinajstić information content (AvgIpc) is 2.75. The molecule has 0 unspecified atom stereocenters. The third-order valence-corrected chi connectivity index (χ3v) is 8.07. The molecule has 27 heavy (non-hydrogen) atoms. The standard InChI is InChI=1S/C15H21FN4O5S2/c1-18-13-8-11(16)12(9-14(13)19(2)27(18,24)25)17-15(21)10-4-6-20(7-5-10)26(3,22)23/h8-10H,4-7H2,1-3H3,(H,17,21). The van der Waals surface area contributed by atoms with Crippen molar-refractivity contribution in [1.82, 2.24) is 4.31 Å². The van der Waals surface area contributed by atoms with Crippen LogP contribution in [-0.2, 0) is 25.0 Å². The number of hydrogen-bond acceptors (Lipinski definition) is 5. The van der Waals surface area contributed by atoms with Gasteiger partial charge in [0.15, 0.2) is 0 Å². The predicted octanol–water partition coefficient (Wildman–Crippen LogP) is 0.567. The highest BCUT2D eigenvalue weighted by Gasteiger charge is 2.37. The zero-order chi connectivity index (χ0) is 20.1. The Balaban J connectivity index is 1.76. The number of amides is 1. The van der Waals surface area contributed by atoms with E-state index < -0.39 is 37.9 Å². The lowest BCUT2D eigenvalue weighted by atomic mass is 9.97. The van der Waals surface area contributed by atoms with E-state index in [0.717, 1.165) is 20.9 Å². The maximum Gasteiger partial charge on any atom is 0.326 e. The number of benzene rings is 1. The SMILES string of the molecule is CN1c2cc(F)c(NC(=O)C3CCN(S(C)(=O)=O)CC3)cc2N(C)S1(=O)=O. The molecular formula is C15H21FN4O5S2. The van der Waals surface area contributed by atoms with Crippen molar-refractivity contribution in [2.24, 2.45) is 5.92 Å². The van der Waals surface area contributed by atoms with Crippen LogP contribution in [0.2, 0.25) is 0 Å². The Morgan fingerprint density at radius 3 is 2.19 bits per heavy atom. The molecule has 9 nitrogen and oxygen atoms in total. The second kappa shape index (κ2) is 6.60. The summed E-state index contributed by atoms with van der Waals surface area (Å²) in [7, 11) is -4.36. The van der Waals surface area contributed by atoms with Crippen molar-refractivity contribution in [3.63, 3.8) is 0 Å². The van der Waals surface area contributed by atoms with Gasteiger partial charge in [-0.05, 0) is 18.9 Å². The minimum absolute atomic E-state index is 0.110. The molecule has 2 aliphatic heterocycles. The number of nitrogens with zero attached hydrogens (tertiary/aromatic N) is 3. The van der Waals surface area contributed by atoms with E-state index in [0.29, 0.717) is 12.8 Å². The molecule has 1 saturated heterocycles. The van der Waals surface area contributed by atoms with Crippen molar-refractivity contribution in [1.29, 1.82) is 0 Å². The van der Waals surface area contributed by atoms with E-state index in [1.54, 1.807) is 0 Å². The number of hydrogen-bond donors (Lipinski definition) is 1. The molecule has 150 valence electrons. The number of carbonyl (C=O) groups is 1. The Morgan fingerprint density at radius 2 is 1.67 bits per heavy atom. The first-order valence-electron chi connectivity index (χ1n) is 8.25. The minimum atomic E-state index is -3.74. The molecule has 3 rings (SSSR count). The van der Waals surface area contributed by atoms with Gasteiger partial charge in [0.25, 0.3) is 0 Å². The Labute approximate surface area is 158 Å². The van der Waals surface area contributed by atoms with Gasteiger partial charge in [0, 0.05) is 39.2 Å². The first-order valence-corrected chi connectivity index (χ1v) is 11.5. The number of sulfonamides is 1. The number of rotatable bonds is 3. The Hall–Kier alpha value is -1.92. The smallest absolute Gasteiger partial charge is 0.323 e. The Bertz CT molecular complexity index is 988. The van der Waals surface area contributed by atoms with Crippen molar-refractivity contribution < 1.29 is 26.0 Å². The molecule has 1 fully saturated rings. The van der Waals surface area contributed by atoms with E-state index in [1.807, 2.05) is 0 Å². The van der Waals surface area contributed by atoms with Gasteiger partial charge in [-0.1, -0.05) is 0 Å². The summed E-state index contributed by atoms with van der Waals surface area (Å²) in [5.74, 6) is -1.60. The van der Waals surface area contributed by atoms with Crippen molar-refractivity contribution in [2.45, 2.75) is 12.8 Å². The van der Waals surface area contributed by atoms with Crippen LogP contribution in [0, 0.1) is 11.7 Å². The van der Waals surface area contributed by atoms with E-state index in [4.69, 9.17) is 0 Å². The lowest BCUT2D eigenvalue weighted by Gasteiger charge is -2.29. The molecule has 0 atom stereocenters. The topological polar surface area (TPSA) is 107 Å². The van der Waals surface area contributed by atoms with Crippen LogP contribution < -0.4 is 13.9 Å². The molecule has 0 spiro atoms. The molecule has 1 N–H and O–H groups in total. The second-order valence-corrected chi connectivity index (χ2v) is 10.7. The molecule has 12 heteroatoms. The molecule has 2 aliphatic rings. The highest BCUT2D eigenvalue weighted by atomic mass is 32.2. The quantitative estimate of drug-likeness (QED) is 0.769. The van der Waals surface area contributed by atoms with Gasteiger partial charge in [-0.25, -0.2) is 17.1 Å². The molecule has 1 amide bonds. The molecule has 0 aromatic heterocycles. The van der Waals surface area contributed by atoms with Gasteiger partial charge in [0.2, 0.25) is 15.9 Å². The van der Waals surface area contributed by atoms with Crippen LogP contribution in [0.25, 0.3) is 0 Å². The average molecular weight is 420 g/mol. The molecule has 2 heterocycles. The van der Waals surface area contributed by atoms with Gasteiger partial charge in [-0.3, -0.25) is 13.4 Å².